The third kappa shape index (κ3) is 7.26. The number of azide groups is 1. The van der Waals surface area contributed by atoms with Crippen molar-refractivity contribution < 1.29 is 52.6 Å². The Morgan fingerprint density at radius 3 is 2.37 bits per heavy atom. The minimum Gasteiger partial charge on any atom is -0.467 e. The molecule has 216 valence electrons. The van der Waals surface area contributed by atoms with Gasteiger partial charge in [0.15, 0.2) is 24.8 Å². The third-order valence-electron chi connectivity index (χ3n) is 6.46. The number of fused-ring (bicyclic) bond motifs is 2. The first kappa shape index (κ1) is 30.8. The van der Waals surface area contributed by atoms with E-state index in [-0.39, 0.29) is 19.8 Å². The van der Waals surface area contributed by atoms with Crippen LogP contribution in [0.3, 0.4) is 0 Å². The van der Waals surface area contributed by atoms with E-state index in [2.05, 4.69) is 10.0 Å². The lowest BCUT2D eigenvalue weighted by Crippen LogP contribution is -2.65. The number of ether oxygens (including phenoxy) is 8. The average molecular weight is 566 g/mol. The molecule has 0 aromatic carbocycles. The van der Waals surface area contributed by atoms with Crippen molar-refractivity contribution in [3.05, 3.63) is 10.4 Å². The summed E-state index contributed by atoms with van der Waals surface area (Å²) < 4.78 is 46.1. The Kier molecular flexibility index (Phi) is 12.3. The molecule has 10 atom stereocenters. The second kappa shape index (κ2) is 15.2. The highest BCUT2D eigenvalue weighted by Crippen LogP contribution is 2.36. The van der Waals surface area contributed by atoms with E-state index in [0.717, 1.165) is 20.0 Å². The first-order valence-electron chi connectivity index (χ1n) is 12.8. The van der Waals surface area contributed by atoms with Gasteiger partial charge < -0.3 is 43.0 Å². The minimum atomic E-state index is -1.45. The maximum absolute atomic E-state index is 12.8. The Balaban J connectivity index is 1.95. The van der Waals surface area contributed by atoms with Crippen molar-refractivity contribution in [1.82, 2.24) is 0 Å². The summed E-state index contributed by atoms with van der Waals surface area (Å²) in [5.41, 5.74) is 8.95. The van der Waals surface area contributed by atoms with Crippen LogP contribution in [-0.2, 0) is 47.5 Å². The summed E-state index contributed by atoms with van der Waals surface area (Å²) in [6, 6.07) is -1.07. The predicted molar refractivity (Wildman–Crippen MR) is 129 cm³/mol. The summed E-state index contributed by atoms with van der Waals surface area (Å²) in [7, 11) is 1.16. The SMILES string of the molecule is CCCCOC1[C@H](OC(=O)CCl)C(C(=O)OC)O[C@@H](O[C@@H]2C3CO[C@H](O3)C(N=[N+]=[N-])[C@H]2O)[C@H]1OCCCC. The number of alkyl halides is 1. The fourth-order valence-corrected chi connectivity index (χ4v) is 4.57. The zero-order valence-electron chi connectivity index (χ0n) is 21.7. The molecule has 0 amide bonds. The van der Waals surface area contributed by atoms with Crippen LogP contribution in [0.25, 0.3) is 10.4 Å². The second-order valence-corrected chi connectivity index (χ2v) is 9.34. The van der Waals surface area contributed by atoms with Gasteiger partial charge in [0.25, 0.3) is 0 Å². The average Bonchev–Trinajstić information content (AvgIpc) is 3.36. The van der Waals surface area contributed by atoms with Gasteiger partial charge in [-0.1, -0.05) is 31.8 Å². The highest BCUT2D eigenvalue weighted by Gasteiger charge is 2.57. The molecule has 0 saturated carbocycles. The molecule has 3 rings (SSSR count). The molecule has 1 N–H and O–H groups in total. The molecular weight excluding hydrogens is 530 g/mol. The van der Waals surface area contributed by atoms with E-state index in [0.29, 0.717) is 12.8 Å². The summed E-state index contributed by atoms with van der Waals surface area (Å²) in [6.07, 6.45) is -6.93. The van der Waals surface area contributed by atoms with Gasteiger partial charge in [-0.3, -0.25) is 4.79 Å². The van der Waals surface area contributed by atoms with Gasteiger partial charge in [-0.25, -0.2) is 4.79 Å². The lowest BCUT2D eigenvalue weighted by Gasteiger charge is -2.46. The maximum atomic E-state index is 12.8. The number of carbonyl (C=O) groups excluding carboxylic acids is 2. The molecule has 4 unspecified atom stereocenters. The van der Waals surface area contributed by atoms with Gasteiger partial charge in [0, 0.05) is 18.1 Å². The third-order valence-corrected chi connectivity index (χ3v) is 6.68. The van der Waals surface area contributed by atoms with E-state index < -0.39 is 79.2 Å². The topological polar surface area (TPSA) is 177 Å². The molecule has 3 aliphatic rings. The van der Waals surface area contributed by atoms with Gasteiger partial charge in [0.1, 0.15) is 36.3 Å². The molecule has 3 aliphatic heterocycles. The van der Waals surface area contributed by atoms with Crippen LogP contribution in [0, 0.1) is 0 Å². The van der Waals surface area contributed by atoms with Crippen LogP contribution in [-0.4, -0.2) is 111 Å². The highest BCUT2D eigenvalue weighted by atomic mass is 35.5. The largest absolute Gasteiger partial charge is 0.467 e. The smallest absolute Gasteiger partial charge is 0.339 e. The van der Waals surface area contributed by atoms with Crippen LogP contribution in [0.5, 0.6) is 0 Å². The molecule has 0 aromatic heterocycles. The van der Waals surface area contributed by atoms with Gasteiger partial charge in [0.05, 0.1) is 19.8 Å². The number of aliphatic hydroxyl groups is 1. The summed E-state index contributed by atoms with van der Waals surface area (Å²) in [5.74, 6) is -2.08. The molecular formula is C23H36ClN3O11. The zero-order chi connectivity index (χ0) is 27.7. The van der Waals surface area contributed by atoms with Crippen LogP contribution in [0.2, 0.25) is 0 Å². The van der Waals surface area contributed by atoms with Crippen LogP contribution < -0.4 is 0 Å². The Morgan fingerprint density at radius 2 is 1.76 bits per heavy atom. The zero-order valence-corrected chi connectivity index (χ0v) is 22.4. The number of halogens is 1. The number of aliphatic hydroxyl groups excluding tert-OH is 1. The van der Waals surface area contributed by atoms with Crippen molar-refractivity contribution in [2.45, 2.75) is 101 Å². The van der Waals surface area contributed by atoms with E-state index in [1.165, 1.54) is 0 Å². The van der Waals surface area contributed by atoms with Gasteiger partial charge >= 0.3 is 11.9 Å². The van der Waals surface area contributed by atoms with E-state index >= 15 is 0 Å². The molecule has 14 nitrogen and oxygen atoms in total. The van der Waals surface area contributed by atoms with E-state index in [1.54, 1.807) is 0 Å². The number of hydrogen-bond acceptors (Lipinski definition) is 12. The molecule has 3 saturated heterocycles. The maximum Gasteiger partial charge on any atom is 0.339 e. The Hall–Kier alpha value is -1.74. The quantitative estimate of drug-likeness (QED) is 0.0807. The summed E-state index contributed by atoms with van der Waals surface area (Å²) in [6.45, 7) is 4.61. The van der Waals surface area contributed by atoms with Gasteiger partial charge in [-0.05, 0) is 18.4 Å². The van der Waals surface area contributed by atoms with Crippen molar-refractivity contribution >= 4 is 23.5 Å². The van der Waals surface area contributed by atoms with Crippen LogP contribution in [0.4, 0.5) is 0 Å². The number of nitrogens with zero attached hydrogens (tertiary/aromatic N) is 3. The Bertz CT molecular complexity index is 832. The lowest BCUT2D eigenvalue weighted by atomic mass is 9.96. The highest BCUT2D eigenvalue weighted by molar-refractivity contribution is 6.26. The van der Waals surface area contributed by atoms with Crippen LogP contribution in [0.15, 0.2) is 5.11 Å². The number of carbonyl (C=O) groups is 2. The molecule has 15 heteroatoms. The van der Waals surface area contributed by atoms with Gasteiger partial charge in [-0.2, -0.15) is 0 Å². The van der Waals surface area contributed by atoms with Crippen LogP contribution >= 0.6 is 11.6 Å². The van der Waals surface area contributed by atoms with E-state index in [1.807, 2.05) is 13.8 Å². The standard InChI is InChI=1S/C23H36ClN3O11/c1-4-6-8-32-17-18(36-13(28)10-24)19(21(30)31-3)38-23(20(17)33-9-7-5-2)37-16-12-11-34-22(35-12)14(15(16)29)26-27-25/h12,14-20,22-23,29H,4-11H2,1-3H3/t12?,14?,15-,16-,17?,18+,19?,20+,22-,23-/m1/s1. The molecule has 2 bridgehead atoms. The van der Waals surface area contributed by atoms with Crippen LogP contribution in [0.1, 0.15) is 39.5 Å². The van der Waals surface area contributed by atoms with Crippen molar-refractivity contribution in [3.63, 3.8) is 0 Å². The summed E-state index contributed by atoms with van der Waals surface area (Å²) in [4.78, 5) is 27.8. The van der Waals surface area contributed by atoms with Gasteiger partial charge in [0.2, 0.25) is 0 Å². The van der Waals surface area contributed by atoms with E-state index in [9.17, 15) is 14.7 Å². The fourth-order valence-electron chi connectivity index (χ4n) is 4.50. The monoisotopic (exact) mass is 565 g/mol. The second-order valence-electron chi connectivity index (χ2n) is 9.08. The van der Waals surface area contributed by atoms with Crippen molar-refractivity contribution in [3.8, 4) is 0 Å². The Labute approximate surface area is 225 Å². The minimum absolute atomic E-state index is 0.0741. The fraction of sp³-hybridized carbons (Fsp3) is 0.913. The van der Waals surface area contributed by atoms with Crippen molar-refractivity contribution in [2.24, 2.45) is 5.11 Å². The van der Waals surface area contributed by atoms with Crippen molar-refractivity contribution in [2.75, 3.05) is 32.8 Å². The van der Waals surface area contributed by atoms with E-state index in [4.69, 9.17) is 55.0 Å². The first-order chi connectivity index (χ1) is 18.4. The predicted octanol–water partition coefficient (Wildman–Crippen LogP) is 1.59. The molecule has 0 radical (unpaired) electrons. The number of hydrogen-bond donors (Lipinski definition) is 1. The number of methoxy groups -OCH3 is 1. The number of unbranched alkanes of at least 4 members (excludes halogenated alkanes) is 2. The Morgan fingerprint density at radius 1 is 1.08 bits per heavy atom. The molecule has 0 spiro atoms. The molecule has 0 aromatic rings. The lowest BCUT2D eigenvalue weighted by molar-refractivity contribution is -0.336. The molecule has 0 aliphatic carbocycles. The number of esters is 2. The molecule has 3 fully saturated rings. The van der Waals surface area contributed by atoms with Crippen molar-refractivity contribution in [1.29, 1.82) is 0 Å². The molecule has 38 heavy (non-hydrogen) atoms. The van der Waals surface area contributed by atoms with Gasteiger partial charge in [-0.15, -0.1) is 11.6 Å². The summed E-state index contributed by atoms with van der Waals surface area (Å²) >= 11 is 5.68. The molecule has 3 heterocycles. The first-order valence-corrected chi connectivity index (χ1v) is 13.3. The normalized spacial score (nSPS) is 36.3. The number of rotatable bonds is 14. The summed E-state index contributed by atoms with van der Waals surface area (Å²) in [5, 5.41) is 14.6.